The number of fused-ring (bicyclic) bond motifs is 1. The average Bonchev–Trinajstić information content (AvgIpc) is 2.38. The first kappa shape index (κ1) is 11.5. The second kappa shape index (κ2) is 4.59. The number of benzene rings is 2. The van der Waals surface area contributed by atoms with Gasteiger partial charge in [-0.3, -0.25) is 0 Å². The molecule has 3 heteroatoms. The fourth-order valence-corrected chi connectivity index (χ4v) is 2.35. The lowest BCUT2D eigenvalue weighted by Crippen LogP contribution is -2.52. The van der Waals surface area contributed by atoms with Crippen LogP contribution in [0.2, 0.25) is 0 Å². The van der Waals surface area contributed by atoms with Gasteiger partial charge in [0.2, 0.25) is 0 Å². The van der Waals surface area contributed by atoms with Crippen LogP contribution in [0.1, 0.15) is 0 Å². The van der Waals surface area contributed by atoms with E-state index in [1.165, 1.54) is 16.5 Å². The van der Waals surface area contributed by atoms with Crippen molar-refractivity contribution in [3.05, 3.63) is 42.5 Å². The molecule has 1 saturated heterocycles. The summed E-state index contributed by atoms with van der Waals surface area (Å²) < 4.78 is 5.29. The lowest BCUT2D eigenvalue weighted by atomic mass is 9.86. The molecule has 0 spiro atoms. The molecule has 0 bridgehead atoms. The largest absolute Gasteiger partial charge is 0.384 e. The first-order chi connectivity index (χ1) is 8.83. The number of anilines is 1. The van der Waals surface area contributed by atoms with E-state index < -0.39 is 0 Å². The molecule has 2 aromatic rings. The topological polar surface area (TPSA) is 47.3 Å². The molecule has 1 fully saturated rings. The third kappa shape index (κ3) is 1.96. The Bertz CT molecular complexity index is 538. The van der Waals surface area contributed by atoms with E-state index in [1.54, 1.807) is 0 Å². The molecule has 2 aromatic carbocycles. The van der Waals surface area contributed by atoms with E-state index in [0.29, 0.717) is 6.54 Å². The smallest absolute Gasteiger partial charge is 0.0574 e. The summed E-state index contributed by atoms with van der Waals surface area (Å²) in [7, 11) is 0. The van der Waals surface area contributed by atoms with Crippen molar-refractivity contribution in [2.45, 2.75) is 0 Å². The van der Waals surface area contributed by atoms with Gasteiger partial charge >= 0.3 is 0 Å². The molecule has 0 unspecified atom stereocenters. The van der Waals surface area contributed by atoms with Crippen molar-refractivity contribution in [3.63, 3.8) is 0 Å². The van der Waals surface area contributed by atoms with Crippen LogP contribution in [0.5, 0.6) is 0 Å². The first-order valence-corrected chi connectivity index (χ1v) is 6.32. The van der Waals surface area contributed by atoms with E-state index in [2.05, 4.69) is 47.8 Å². The third-order valence-electron chi connectivity index (χ3n) is 3.69. The van der Waals surface area contributed by atoms with E-state index in [1.807, 2.05) is 0 Å². The van der Waals surface area contributed by atoms with Gasteiger partial charge in [-0.05, 0) is 11.5 Å². The van der Waals surface area contributed by atoms with Gasteiger partial charge in [0.1, 0.15) is 0 Å². The molecule has 18 heavy (non-hydrogen) atoms. The van der Waals surface area contributed by atoms with Crippen molar-refractivity contribution in [1.29, 1.82) is 0 Å². The van der Waals surface area contributed by atoms with Gasteiger partial charge in [0, 0.05) is 29.6 Å². The molecule has 0 atom stereocenters. The van der Waals surface area contributed by atoms with Crippen LogP contribution in [-0.2, 0) is 4.74 Å². The highest BCUT2D eigenvalue weighted by Gasteiger charge is 2.36. The van der Waals surface area contributed by atoms with Gasteiger partial charge < -0.3 is 15.8 Å². The fourth-order valence-electron chi connectivity index (χ4n) is 2.35. The maximum absolute atomic E-state index is 5.83. The number of rotatable bonds is 4. The average molecular weight is 242 g/mol. The zero-order chi connectivity index (χ0) is 12.4. The Kier molecular flexibility index (Phi) is 2.94. The Morgan fingerprint density at radius 1 is 1.11 bits per heavy atom. The summed E-state index contributed by atoms with van der Waals surface area (Å²) in [5, 5.41) is 6.04. The monoisotopic (exact) mass is 242 g/mol. The van der Waals surface area contributed by atoms with Gasteiger partial charge in [-0.2, -0.15) is 0 Å². The zero-order valence-corrected chi connectivity index (χ0v) is 10.4. The molecule has 0 aliphatic carbocycles. The summed E-state index contributed by atoms with van der Waals surface area (Å²) in [5.41, 5.74) is 7.12. The molecule has 0 amide bonds. The second-order valence-corrected chi connectivity index (χ2v) is 5.08. The maximum atomic E-state index is 5.83. The summed E-state index contributed by atoms with van der Waals surface area (Å²) in [4.78, 5) is 0. The molecule has 3 nitrogen and oxygen atoms in total. The number of hydrogen-bond acceptors (Lipinski definition) is 3. The quantitative estimate of drug-likeness (QED) is 0.864. The van der Waals surface area contributed by atoms with Crippen LogP contribution in [0.3, 0.4) is 0 Å². The molecule has 3 N–H and O–H groups in total. The standard InChI is InChI=1S/C15H18N2O/c16-8-15(10-18-11-15)9-17-14-7-3-5-12-4-1-2-6-13(12)14/h1-7,17H,8-11,16H2. The molecule has 94 valence electrons. The van der Waals surface area contributed by atoms with Gasteiger partial charge in [-0.25, -0.2) is 0 Å². The van der Waals surface area contributed by atoms with Crippen LogP contribution in [0.4, 0.5) is 5.69 Å². The molecule has 0 radical (unpaired) electrons. The highest BCUT2D eigenvalue weighted by Crippen LogP contribution is 2.28. The Hall–Kier alpha value is -1.58. The number of nitrogens with one attached hydrogen (secondary N) is 1. The molecule has 1 aliphatic rings. The number of nitrogens with two attached hydrogens (primary N) is 1. The molecule has 3 rings (SSSR count). The normalized spacial score (nSPS) is 17.4. The van der Waals surface area contributed by atoms with Crippen LogP contribution in [0.15, 0.2) is 42.5 Å². The van der Waals surface area contributed by atoms with Crippen molar-refractivity contribution in [2.24, 2.45) is 11.1 Å². The predicted molar refractivity (Wildman–Crippen MR) is 74.7 cm³/mol. The third-order valence-corrected chi connectivity index (χ3v) is 3.69. The van der Waals surface area contributed by atoms with E-state index in [-0.39, 0.29) is 5.41 Å². The first-order valence-electron chi connectivity index (χ1n) is 6.32. The van der Waals surface area contributed by atoms with Crippen molar-refractivity contribution in [3.8, 4) is 0 Å². The summed E-state index contributed by atoms with van der Waals surface area (Å²) in [5.74, 6) is 0. The van der Waals surface area contributed by atoms with Crippen LogP contribution >= 0.6 is 0 Å². The van der Waals surface area contributed by atoms with E-state index in [4.69, 9.17) is 10.5 Å². The minimum atomic E-state index is 0.122. The Balaban J connectivity index is 1.82. The van der Waals surface area contributed by atoms with Crippen LogP contribution < -0.4 is 11.1 Å². The Labute approximate surface area is 107 Å². The lowest BCUT2D eigenvalue weighted by Gasteiger charge is -2.40. The predicted octanol–water partition coefficient (Wildman–Crippen LogP) is 2.23. The van der Waals surface area contributed by atoms with Gasteiger partial charge in [0.05, 0.1) is 13.2 Å². The van der Waals surface area contributed by atoms with Crippen LogP contribution in [0, 0.1) is 5.41 Å². The lowest BCUT2D eigenvalue weighted by molar-refractivity contribution is -0.0979. The Morgan fingerprint density at radius 2 is 1.89 bits per heavy atom. The summed E-state index contributed by atoms with van der Waals surface area (Å²) in [6.07, 6.45) is 0. The van der Waals surface area contributed by atoms with Crippen molar-refractivity contribution in [2.75, 3.05) is 31.6 Å². The van der Waals surface area contributed by atoms with E-state index in [0.717, 1.165) is 19.8 Å². The second-order valence-electron chi connectivity index (χ2n) is 5.08. The highest BCUT2D eigenvalue weighted by atomic mass is 16.5. The van der Waals surface area contributed by atoms with Gasteiger partial charge in [0.25, 0.3) is 0 Å². The fraction of sp³-hybridized carbons (Fsp3) is 0.333. The van der Waals surface area contributed by atoms with Gasteiger partial charge in [-0.1, -0.05) is 36.4 Å². The number of hydrogen-bond donors (Lipinski definition) is 2. The van der Waals surface area contributed by atoms with Gasteiger partial charge in [-0.15, -0.1) is 0 Å². The SMILES string of the molecule is NCC1(CNc2cccc3ccccc23)COC1. The Morgan fingerprint density at radius 3 is 2.61 bits per heavy atom. The maximum Gasteiger partial charge on any atom is 0.0574 e. The highest BCUT2D eigenvalue weighted by molar-refractivity contribution is 5.93. The van der Waals surface area contributed by atoms with E-state index in [9.17, 15) is 0 Å². The van der Waals surface area contributed by atoms with Crippen LogP contribution in [-0.4, -0.2) is 26.3 Å². The zero-order valence-electron chi connectivity index (χ0n) is 10.4. The molecule has 1 aliphatic heterocycles. The molecule has 1 heterocycles. The molecular weight excluding hydrogens is 224 g/mol. The number of ether oxygens (including phenoxy) is 1. The summed E-state index contributed by atoms with van der Waals surface area (Å²) in [6.45, 7) is 3.07. The van der Waals surface area contributed by atoms with Crippen molar-refractivity contribution in [1.82, 2.24) is 0 Å². The van der Waals surface area contributed by atoms with E-state index >= 15 is 0 Å². The molecule has 0 aromatic heterocycles. The minimum Gasteiger partial charge on any atom is -0.384 e. The molecular formula is C15H18N2O. The van der Waals surface area contributed by atoms with Crippen molar-refractivity contribution >= 4 is 16.5 Å². The van der Waals surface area contributed by atoms with Crippen LogP contribution in [0.25, 0.3) is 10.8 Å². The van der Waals surface area contributed by atoms with Crippen molar-refractivity contribution < 1.29 is 4.74 Å². The summed E-state index contributed by atoms with van der Waals surface area (Å²) in [6, 6.07) is 14.7. The van der Waals surface area contributed by atoms with Gasteiger partial charge in [0.15, 0.2) is 0 Å². The summed E-state index contributed by atoms with van der Waals surface area (Å²) >= 11 is 0. The minimum absolute atomic E-state index is 0.122. The molecule has 0 saturated carbocycles.